The van der Waals surface area contributed by atoms with Crippen LogP contribution in [0.4, 0.5) is 10.9 Å². The molecule has 17 heavy (non-hydrogen) atoms. The van der Waals surface area contributed by atoms with Crippen molar-refractivity contribution in [2.45, 2.75) is 6.92 Å². The smallest absolute Gasteiger partial charge is 0.257 e. The first-order chi connectivity index (χ1) is 8.04. The van der Waals surface area contributed by atoms with Crippen molar-refractivity contribution in [3.8, 4) is 0 Å². The fourth-order valence-corrected chi connectivity index (χ4v) is 2.13. The Balaban J connectivity index is 2.19. The van der Waals surface area contributed by atoms with E-state index in [1.165, 1.54) is 23.5 Å². The van der Waals surface area contributed by atoms with Crippen LogP contribution in [0.15, 0.2) is 17.5 Å². The number of carbonyl (C=O) groups excluding carboxylic acids is 1. The molecule has 0 fully saturated rings. The van der Waals surface area contributed by atoms with Gasteiger partial charge < -0.3 is 5.73 Å². The van der Waals surface area contributed by atoms with Crippen molar-refractivity contribution in [2.24, 2.45) is 0 Å². The molecule has 0 aliphatic carbocycles. The lowest BCUT2D eigenvalue weighted by Gasteiger charge is -2.03. The summed E-state index contributed by atoms with van der Waals surface area (Å²) in [6.45, 7) is 1.85. The predicted octanol–water partition coefficient (Wildman–Crippen LogP) is 2.33. The first kappa shape index (κ1) is 11.8. The van der Waals surface area contributed by atoms with Gasteiger partial charge in [0.05, 0.1) is 5.69 Å². The van der Waals surface area contributed by atoms with Crippen LogP contribution in [0.1, 0.15) is 16.1 Å². The average molecular weight is 269 g/mol. The van der Waals surface area contributed by atoms with Gasteiger partial charge in [-0.1, -0.05) is 11.6 Å². The third-order valence-corrected chi connectivity index (χ3v) is 2.98. The molecule has 0 aliphatic heterocycles. The molecule has 0 aromatic carbocycles. The normalized spacial score (nSPS) is 10.2. The Morgan fingerprint density at radius 2 is 2.24 bits per heavy atom. The number of nitrogens with two attached hydrogens (primary N) is 1. The number of rotatable bonds is 2. The van der Waals surface area contributed by atoms with Gasteiger partial charge in [-0.2, -0.15) is 0 Å². The van der Waals surface area contributed by atoms with E-state index in [-0.39, 0.29) is 16.9 Å². The maximum atomic E-state index is 11.8. The SMILES string of the molecule is Cc1csc(NC(=O)c2cc(N)nc(Cl)c2)n1. The number of nitrogens with one attached hydrogen (secondary N) is 1. The second-order valence-electron chi connectivity index (χ2n) is 3.35. The number of carbonyl (C=O) groups is 1. The molecule has 2 aromatic rings. The fraction of sp³-hybridized carbons (Fsp3) is 0.100. The number of nitrogen functional groups attached to an aromatic ring is 1. The molecule has 3 N–H and O–H groups in total. The van der Waals surface area contributed by atoms with Crippen LogP contribution >= 0.6 is 22.9 Å². The van der Waals surface area contributed by atoms with Gasteiger partial charge in [-0.3, -0.25) is 10.1 Å². The lowest BCUT2D eigenvalue weighted by molar-refractivity contribution is 0.102. The van der Waals surface area contributed by atoms with E-state index in [4.69, 9.17) is 17.3 Å². The first-order valence-corrected chi connectivity index (χ1v) is 5.97. The lowest BCUT2D eigenvalue weighted by atomic mass is 10.2. The molecule has 0 aliphatic rings. The Labute approximate surface area is 107 Å². The number of anilines is 2. The summed E-state index contributed by atoms with van der Waals surface area (Å²) in [5.74, 6) is -0.103. The molecule has 0 bridgehead atoms. The maximum Gasteiger partial charge on any atom is 0.257 e. The fourth-order valence-electron chi connectivity index (χ4n) is 1.23. The number of hydrogen-bond acceptors (Lipinski definition) is 5. The molecule has 0 spiro atoms. The summed E-state index contributed by atoms with van der Waals surface area (Å²) < 4.78 is 0. The number of aromatic nitrogens is 2. The monoisotopic (exact) mass is 268 g/mol. The maximum absolute atomic E-state index is 11.8. The summed E-state index contributed by atoms with van der Waals surface area (Å²) in [6.07, 6.45) is 0. The van der Waals surface area contributed by atoms with E-state index in [1.54, 1.807) is 0 Å². The zero-order valence-corrected chi connectivity index (χ0v) is 10.5. The second kappa shape index (κ2) is 4.68. The van der Waals surface area contributed by atoms with Crippen molar-refractivity contribution in [2.75, 3.05) is 11.1 Å². The number of thiazole rings is 1. The van der Waals surface area contributed by atoms with E-state index in [2.05, 4.69) is 15.3 Å². The van der Waals surface area contributed by atoms with Gasteiger partial charge in [0, 0.05) is 10.9 Å². The summed E-state index contributed by atoms with van der Waals surface area (Å²) >= 11 is 7.08. The van der Waals surface area contributed by atoms with E-state index in [9.17, 15) is 4.79 Å². The zero-order chi connectivity index (χ0) is 12.4. The molecular formula is C10H9ClN4OS. The van der Waals surface area contributed by atoms with Crippen molar-refractivity contribution in [3.63, 3.8) is 0 Å². The summed E-state index contributed by atoms with van der Waals surface area (Å²) in [7, 11) is 0. The molecule has 88 valence electrons. The van der Waals surface area contributed by atoms with E-state index in [0.717, 1.165) is 5.69 Å². The molecule has 0 unspecified atom stereocenters. The van der Waals surface area contributed by atoms with Gasteiger partial charge in [0.25, 0.3) is 5.91 Å². The molecule has 2 aromatic heterocycles. The minimum atomic E-state index is -0.310. The van der Waals surface area contributed by atoms with Crippen molar-refractivity contribution >= 4 is 39.8 Å². The van der Waals surface area contributed by atoms with Crippen molar-refractivity contribution in [1.29, 1.82) is 0 Å². The van der Waals surface area contributed by atoms with Crippen LogP contribution < -0.4 is 11.1 Å². The van der Waals surface area contributed by atoms with Gasteiger partial charge in [-0.25, -0.2) is 9.97 Å². The van der Waals surface area contributed by atoms with E-state index < -0.39 is 0 Å². The third kappa shape index (κ3) is 2.92. The standard InChI is InChI=1S/C10H9ClN4OS/c1-5-4-17-10(13-5)15-9(16)6-2-7(11)14-8(12)3-6/h2-4H,1H3,(H2,12,14)(H,13,15,16). The minimum Gasteiger partial charge on any atom is -0.384 e. The Morgan fingerprint density at radius 1 is 1.47 bits per heavy atom. The molecule has 5 nitrogen and oxygen atoms in total. The van der Waals surface area contributed by atoms with E-state index >= 15 is 0 Å². The van der Waals surface area contributed by atoms with Gasteiger partial charge in [0.1, 0.15) is 11.0 Å². The van der Waals surface area contributed by atoms with Crippen LogP contribution in [0.3, 0.4) is 0 Å². The third-order valence-electron chi connectivity index (χ3n) is 1.92. The highest BCUT2D eigenvalue weighted by Crippen LogP contribution is 2.17. The van der Waals surface area contributed by atoms with Crippen molar-refractivity contribution < 1.29 is 4.79 Å². The number of hydrogen-bond donors (Lipinski definition) is 2. The Morgan fingerprint density at radius 3 is 2.82 bits per heavy atom. The molecule has 0 saturated carbocycles. The molecule has 0 radical (unpaired) electrons. The van der Waals surface area contributed by atoms with Gasteiger partial charge in [-0.05, 0) is 19.1 Å². The quantitative estimate of drug-likeness (QED) is 0.819. The van der Waals surface area contributed by atoms with Crippen LogP contribution in [-0.4, -0.2) is 15.9 Å². The van der Waals surface area contributed by atoms with Crippen LogP contribution in [0.5, 0.6) is 0 Å². The highest BCUT2D eigenvalue weighted by Gasteiger charge is 2.10. The Kier molecular flexibility index (Phi) is 3.26. The molecule has 1 amide bonds. The summed E-state index contributed by atoms with van der Waals surface area (Å²) in [5, 5.41) is 5.24. The summed E-state index contributed by atoms with van der Waals surface area (Å²) in [5.41, 5.74) is 6.72. The topological polar surface area (TPSA) is 80.9 Å². The predicted molar refractivity (Wildman–Crippen MR) is 68.5 cm³/mol. The highest BCUT2D eigenvalue weighted by atomic mass is 35.5. The molecule has 2 heterocycles. The number of amides is 1. The molecule has 2 rings (SSSR count). The van der Waals surface area contributed by atoms with Gasteiger partial charge in [0.15, 0.2) is 5.13 Å². The van der Waals surface area contributed by atoms with E-state index in [1.807, 2.05) is 12.3 Å². The average Bonchev–Trinajstić information content (AvgIpc) is 2.62. The van der Waals surface area contributed by atoms with Crippen LogP contribution in [0, 0.1) is 6.92 Å². The first-order valence-electron chi connectivity index (χ1n) is 4.71. The minimum absolute atomic E-state index is 0.186. The highest BCUT2D eigenvalue weighted by molar-refractivity contribution is 7.13. The van der Waals surface area contributed by atoms with Crippen LogP contribution in [0.2, 0.25) is 5.15 Å². The van der Waals surface area contributed by atoms with Crippen molar-refractivity contribution in [3.05, 3.63) is 33.9 Å². The molecule has 0 saturated heterocycles. The largest absolute Gasteiger partial charge is 0.384 e. The summed E-state index contributed by atoms with van der Waals surface area (Å²) in [4.78, 5) is 19.7. The molecular weight excluding hydrogens is 260 g/mol. The number of halogens is 1. The van der Waals surface area contributed by atoms with Crippen LogP contribution in [0.25, 0.3) is 0 Å². The van der Waals surface area contributed by atoms with Gasteiger partial charge in [0.2, 0.25) is 0 Å². The Bertz CT molecular complexity index is 549. The zero-order valence-electron chi connectivity index (χ0n) is 8.90. The summed E-state index contributed by atoms with van der Waals surface area (Å²) in [6, 6.07) is 2.91. The second-order valence-corrected chi connectivity index (χ2v) is 4.60. The number of aryl methyl sites for hydroxylation is 1. The van der Waals surface area contributed by atoms with Crippen LogP contribution in [-0.2, 0) is 0 Å². The number of pyridine rings is 1. The lowest BCUT2D eigenvalue weighted by Crippen LogP contribution is -2.12. The number of nitrogens with zero attached hydrogens (tertiary/aromatic N) is 2. The van der Waals surface area contributed by atoms with E-state index in [0.29, 0.717) is 10.7 Å². The van der Waals surface area contributed by atoms with Crippen molar-refractivity contribution in [1.82, 2.24) is 9.97 Å². The van der Waals surface area contributed by atoms with Gasteiger partial charge >= 0.3 is 0 Å². The Hall–Kier alpha value is -1.66. The molecule has 0 atom stereocenters. The molecule has 7 heteroatoms. The van der Waals surface area contributed by atoms with Gasteiger partial charge in [-0.15, -0.1) is 11.3 Å².